The quantitative estimate of drug-likeness (QED) is 0.806. The van der Waals surface area contributed by atoms with Crippen molar-refractivity contribution >= 4 is 0 Å². The molecule has 0 aromatic heterocycles. The first-order chi connectivity index (χ1) is 8.78. The second-order valence-corrected chi connectivity index (χ2v) is 6.22. The Labute approximate surface area is 113 Å². The van der Waals surface area contributed by atoms with Crippen molar-refractivity contribution in [2.45, 2.75) is 45.1 Å². The van der Waals surface area contributed by atoms with E-state index in [9.17, 15) is 0 Å². The standard InChI is InChI=1S/C15H31N3/c1-3-14-4-6-15(7-5-14)16-8-9-18-12-10-17(2)11-13-18/h14-16H,3-13H2,1-2H3. The molecule has 1 aliphatic heterocycles. The van der Waals surface area contributed by atoms with Gasteiger partial charge < -0.3 is 10.2 Å². The second kappa shape index (κ2) is 7.46. The van der Waals surface area contributed by atoms with Gasteiger partial charge in [0.2, 0.25) is 0 Å². The molecule has 1 N–H and O–H groups in total. The minimum absolute atomic E-state index is 0.806. The third-order valence-corrected chi connectivity index (χ3v) is 4.88. The molecule has 0 radical (unpaired) electrons. The Balaban J connectivity index is 1.53. The maximum atomic E-state index is 3.77. The highest BCUT2D eigenvalue weighted by Crippen LogP contribution is 2.26. The molecule has 1 heterocycles. The smallest absolute Gasteiger partial charge is 0.0110 e. The molecule has 3 heteroatoms. The van der Waals surface area contributed by atoms with Crippen molar-refractivity contribution in [3.05, 3.63) is 0 Å². The summed E-state index contributed by atoms with van der Waals surface area (Å²) in [4.78, 5) is 5.03. The average molecular weight is 253 g/mol. The molecule has 2 rings (SSSR count). The SMILES string of the molecule is CCC1CCC(NCCN2CCN(C)CC2)CC1. The summed E-state index contributed by atoms with van der Waals surface area (Å²) in [6.45, 7) is 9.74. The molecule has 3 nitrogen and oxygen atoms in total. The highest BCUT2D eigenvalue weighted by Gasteiger charge is 2.19. The number of nitrogens with zero attached hydrogens (tertiary/aromatic N) is 2. The largest absolute Gasteiger partial charge is 0.313 e. The first-order valence-electron chi connectivity index (χ1n) is 7.92. The maximum Gasteiger partial charge on any atom is 0.0110 e. The van der Waals surface area contributed by atoms with Gasteiger partial charge in [0.05, 0.1) is 0 Å². The molecule has 18 heavy (non-hydrogen) atoms. The molecule has 1 aliphatic carbocycles. The molecular weight excluding hydrogens is 222 g/mol. The molecule has 0 aromatic carbocycles. The van der Waals surface area contributed by atoms with Gasteiger partial charge in [-0.25, -0.2) is 0 Å². The van der Waals surface area contributed by atoms with Gasteiger partial charge in [0.1, 0.15) is 0 Å². The van der Waals surface area contributed by atoms with Crippen LogP contribution in [0.3, 0.4) is 0 Å². The fraction of sp³-hybridized carbons (Fsp3) is 1.00. The van der Waals surface area contributed by atoms with E-state index in [2.05, 4.69) is 29.1 Å². The van der Waals surface area contributed by atoms with E-state index in [1.807, 2.05) is 0 Å². The zero-order valence-electron chi connectivity index (χ0n) is 12.3. The average Bonchev–Trinajstić information content (AvgIpc) is 2.42. The fourth-order valence-corrected chi connectivity index (χ4v) is 3.27. The van der Waals surface area contributed by atoms with Crippen LogP contribution in [0.25, 0.3) is 0 Å². The molecule has 0 aromatic rings. The molecule has 0 unspecified atom stereocenters. The van der Waals surface area contributed by atoms with Gasteiger partial charge >= 0.3 is 0 Å². The van der Waals surface area contributed by atoms with Crippen LogP contribution in [0.1, 0.15) is 39.0 Å². The zero-order valence-corrected chi connectivity index (χ0v) is 12.3. The van der Waals surface area contributed by atoms with E-state index in [1.165, 1.54) is 71.4 Å². The van der Waals surface area contributed by atoms with E-state index in [0.29, 0.717) is 0 Å². The number of likely N-dealkylation sites (N-methyl/N-ethyl adjacent to an activating group) is 1. The summed E-state index contributed by atoms with van der Waals surface area (Å²) in [5.74, 6) is 1.01. The van der Waals surface area contributed by atoms with E-state index in [4.69, 9.17) is 0 Å². The van der Waals surface area contributed by atoms with E-state index in [1.54, 1.807) is 0 Å². The molecule has 2 aliphatic rings. The summed E-state index contributed by atoms with van der Waals surface area (Å²) in [5.41, 5.74) is 0. The lowest BCUT2D eigenvalue weighted by Crippen LogP contribution is -2.47. The van der Waals surface area contributed by atoms with Gasteiger partial charge in [-0.05, 0) is 38.6 Å². The van der Waals surface area contributed by atoms with Crippen LogP contribution in [-0.2, 0) is 0 Å². The van der Waals surface area contributed by atoms with E-state index in [-0.39, 0.29) is 0 Å². The van der Waals surface area contributed by atoms with Gasteiger partial charge in [-0.15, -0.1) is 0 Å². The summed E-state index contributed by atoms with van der Waals surface area (Å²) in [6, 6.07) is 0.806. The highest BCUT2D eigenvalue weighted by molar-refractivity contribution is 4.77. The fourth-order valence-electron chi connectivity index (χ4n) is 3.27. The molecule has 0 amide bonds. The van der Waals surface area contributed by atoms with Crippen LogP contribution in [0.5, 0.6) is 0 Å². The van der Waals surface area contributed by atoms with Gasteiger partial charge in [-0.1, -0.05) is 13.3 Å². The maximum absolute atomic E-state index is 3.77. The Bertz CT molecular complexity index is 216. The van der Waals surface area contributed by atoms with Crippen molar-refractivity contribution in [2.75, 3.05) is 46.3 Å². The van der Waals surface area contributed by atoms with Crippen molar-refractivity contribution in [1.29, 1.82) is 0 Å². The van der Waals surface area contributed by atoms with Gasteiger partial charge in [0, 0.05) is 45.3 Å². The molecular formula is C15H31N3. The van der Waals surface area contributed by atoms with Crippen molar-refractivity contribution in [1.82, 2.24) is 15.1 Å². The third-order valence-electron chi connectivity index (χ3n) is 4.88. The number of rotatable bonds is 5. The number of piperazine rings is 1. The second-order valence-electron chi connectivity index (χ2n) is 6.22. The van der Waals surface area contributed by atoms with Crippen LogP contribution in [0.2, 0.25) is 0 Å². The summed E-state index contributed by atoms with van der Waals surface area (Å²) >= 11 is 0. The summed E-state index contributed by atoms with van der Waals surface area (Å²) in [7, 11) is 2.22. The molecule has 0 bridgehead atoms. The summed E-state index contributed by atoms with van der Waals surface area (Å²) in [6.07, 6.45) is 7.09. The van der Waals surface area contributed by atoms with E-state index in [0.717, 1.165) is 12.0 Å². The van der Waals surface area contributed by atoms with E-state index < -0.39 is 0 Å². The lowest BCUT2D eigenvalue weighted by Gasteiger charge is -2.33. The number of nitrogens with one attached hydrogen (secondary N) is 1. The van der Waals surface area contributed by atoms with Crippen LogP contribution >= 0.6 is 0 Å². The van der Waals surface area contributed by atoms with E-state index >= 15 is 0 Å². The first-order valence-corrected chi connectivity index (χ1v) is 7.92. The summed E-state index contributed by atoms with van der Waals surface area (Å²) < 4.78 is 0. The van der Waals surface area contributed by atoms with Crippen molar-refractivity contribution in [2.24, 2.45) is 5.92 Å². The van der Waals surface area contributed by atoms with Crippen LogP contribution in [0.15, 0.2) is 0 Å². The molecule has 1 saturated carbocycles. The van der Waals surface area contributed by atoms with Gasteiger partial charge in [-0.2, -0.15) is 0 Å². The third kappa shape index (κ3) is 4.52. The molecule has 1 saturated heterocycles. The highest BCUT2D eigenvalue weighted by atomic mass is 15.2. The van der Waals surface area contributed by atoms with Crippen molar-refractivity contribution in [3.8, 4) is 0 Å². The monoisotopic (exact) mass is 253 g/mol. The lowest BCUT2D eigenvalue weighted by atomic mass is 9.84. The molecule has 0 atom stereocenters. The minimum Gasteiger partial charge on any atom is -0.313 e. The van der Waals surface area contributed by atoms with Gasteiger partial charge in [0.15, 0.2) is 0 Å². The Kier molecular flexibility index (Phi) is 5.93. The molecule has 2 fully saturated rings. The normalized spacial score (nSPS) is 31.7. The van der Waals surface area contributed by atoms with Crippen LogP contribution in [0.4, 0.5) is 0 Å². The predicted molar refractivity (Wildman–Crippen MR) is 78.0 cm³/mol. The Morgan fingerprint density at radius 1 is 1.00 bits per heavy atom. The topological polar surface area (TPSA) is 18.5 Å². The number of hydrogen-bond donors (Lipinski definition) is 1. The van der Waals surface area contributed by atoms with Crippen LogP contribution < -0.4 is 5.32 Å². The Hall–Kier alpha value is -0.120. The summed E-state index contributed by atoms with van der Waals surface area (Å²) in [5, 5.41) is 3.77. The zero-order chi connectivity index (χ0) is 12.8. The lowest BCUT2D eigenvalue weighted by molar-refractivity contribution is 0.152. The molecule has 0 spiro atoms. The first kappa shape index (κ1) is 14.3. The van der Waals surface area contributed by atoms with Crippen LogP contribution in [-0.4, -0.2) is 62.2 Å². The number of hydrogen-bond acceptors (Lipinski definition) is 3. The molecule has 106 valence electrons. The Morgan fingerprint density at radius 2 is 1.67 bits per heavy atom. The van der Waals surface area contributed by atoms with Crippen molar-refractivity contribution < 1.29 is 0 Å². The van der Waals surface area contributed by atoms with Gasteiger partial charge in [-0.3, -0.25) is 4.90 Å². The predicted octanol–water partition coefficient (Wildman–Crippen LogP) is 1.79. The minimum atomic E-state index is 0.806. The van der Waals surface area contributed by atoms with Gasteiger partial charge in [0.25, 0.3) is 0 Å². The Morgan fingerprint density at radius 3 is 2.28 bits per heavy atom. The van der Waals surface area contributed by atoms with Crippen molar-refractivity contribution in [3.63, 3.8) is 0 Å². The van der Waals surface area contributed by atoms with Crippen LogP contribution in [0, 0.1) is 5.92 Å².